The van der Waals surface area contributed by atoms with Crippen molar-refractivity contribution in [3.63, 3.8) is 0 Å². The zero-order valence-corrected chi connectivity index (χ0v) is 16.1. The first-order chi connectivity index (χ1) is 12.8. The molecule has 27 heavy (non-hydrogen) atoms. The van der Waals surface area contributed by atoms with E-state index in [9.17, 15) is 24.6 Å². The van der Waals surface area contributed by atoms with Crippen molar-refractivity contribution in [2.24, 2.45) is 0 Å². The number of ether oxygens (including phenoxy) is 2. The van der Waals surface area contributed by atoms with Crippen LogP contribution in [0.2, 0.25) is 0 Å². The standard InChI is InChI=1S/C20H28O7/c1-4-16(27-13(3)21)8-6-7-9-17(23)20-14(11-19(25)26-5-2)10-15(22)12-18(20)24/h10,12,16,22,24H,4-9,11H2,1-3H3/t16-/m0/s1. The third-order valence-electron chi connectivity index (χ3n) is 4.07. The highest BCUT2D eigenvalue weighted by atomic mass is 16.5. The molecule has 0 saturated carbocycles. The minimum absolute atomic E-state index is 0.0351. The number of carbonyl (C=O) groups excluding carboxylic acids is 3. The van der Waals surface area contributed by atoms with E-state index in [2.05, 4.69) is 0 Å². The minimum Gasteiger partial charge on any atom is -0.508 e. The Labute approximate surface area is 159 Å². The summed E-state index contributed by atoms with van der Waals surface area (Å²) in [4.78, 5) is 35.3. The number of phenolic OH excluding ortho intramolecular Hbond substituents is 2. The fourth-order valence-corrected chi connectivity index (χ4v) is 2.86. The van der Waals surface area contributed by atoms with Crippen molar-refractivity contribution in [2.75, 3.05) is 6.61 Å². The fourth-order valence-electron chi connectivity index (χ4n) is 2.86. The highest BCUT2D eigenvalue weighted by molar-refractivity contribution is 6.01. The van der Waals surface area contributed by atoms with Gasteiger partial charge in [0.2, 0.25) is 0 Å². The minimum atomic E-state index is -0.538. The number of Topliss-reactive ketones (excluding diaryl/α,β-unsaturated/α-hetero) is 1. The Hall–Kier alpha value is -2.57. The molecule has 0 spiro atoms. The molecule has 0 aliphatic rings. The van der Waals surface area contributed by atoms with Crippen LogP contribution in [0.15, 0.2) is 12.1 Å². The molecule has 0 amide bonds. The number of phenols is 2. The quantitative estimate of drug-likeness (QED) is 0.344. The Kier molecular flexibility index (Phi) is 9.33. The van der Waals surface area contributed by atoms with E-state index in [1.54, 1.807) is 6.92 Å². The monoisotopic (exact) mass is 380 g/mol. The van der Waals surface area contributed by atoms with Crippen LogP contribution in [-0.4, -0.2) is 40.6 Å². The number of benzene rings is 1. The number of hydrogen-bond acceptors (Lipinski definition) is 7. The molecule has 1 aromatic carbocycles. The molecule has 2 N–H and O–H groups in total. The van der Waals surface area contributed by atoms with Crippen molar-refractivity contribution < 1.29 is 34.1 Å². The van der Waals surface area contributed by atoms with Crippen LogP contribution in [0.4, 0.5) is 0 Å². The van der Waals surface area contributed by atoms with E-state index in [0.29, 0.717) is 25.7 Å². The van der Waals surface area contributed by atoms with Crippen molar-refractivity contribution in [1.82, 2.24) is 0 Å². The van der Waals surface area contributed by atoms with Gasteiger partial charge in [0.25, 0.3) is 0 Å². The summed E-state index contributed by atoms with van der Waals surface area (Å²) in [5.74, 6) is -1.76. The predicted octanol–water partition coefficient (Wildman–Crippen LogP) is 3.29. The predicted molar refractivity (Wildman–Crippen MR) is 98.8 cm³/mol. The van der Waals surface area contributed by atoms with Gasteiger partial charge in [0.05, 0.1) is 18.6 Å². The first-order valence-corrected chi connectivity index (χ1v) is 9.19. The third-order valence-corrected chi connectivity index (χ3v) is 4.07. The van der Waals surface area contributed by atoms with Crippen molar-refractivity contribution in [3.8, 4) is 11.5 Å². The second-order valence-electron chi connectivity index (χ2n) is 6.29. The van der Waals surface area contributed by atoms with E-state index in [1.807, 2.05) is 6.92 Å². The number of carbonyl (C=O) groups is 3. The number of unbranched alkanes of at least 4 members (excludes halogenated alkanes) is 1. The van der Waals surface area contributed by atoms with Gasteiger partial charge in [0.15, 0.2) is 5.78 Å². The lowest BCUT2D eigenvalue weighted by Gasteiger charge is -2.15. The van der Waals surface area contributed by atoms with E-state index in [1.165, 1.54) is 13.0 Å². The average Bonchev–Trinajstić information content (AvgIpc) is 2.56. The van der Waals surface area contributed by atoms with Gasteiger partial charge < -0.3 is 19.7 Å². The molecule has 0 saturated heterocycles. The fraction of sp³-hybridized carbons (Fsp3) is 0.550. The number of rotatable bonds is 11. The maximum Gasteiger partial charge on any atom is 0.310 e. The molecule has 0 aliphatic heterocycles. The van der Waals surface area contributed by atoms with Crippen LogP contribution in [0.5, 0.6) is 11.5 Å². The van der Waals surface area contributed by atoms with E-state index < -0.39 is 5.97 Å². The lowest BCUT2D eigenvalue weighted by Crippen LogP contribution is -2.15. The smallest absolute Gasteiger partial charge is 0.310 e. The Morgan fingerprint density at radius 2 is 1.81 bits per heavy atom. The number of esters is 2. The van der Waals surface area contributed by atoms with Crippen LogP contribution in [0.1, 0.15) is 68.8 Å². The molecular weight excluding hydrogens is 352 g/mol. The maximum atomic E-state index is 12.5. The van der Waals surface area contributed by atoms with E-state index in [0.717, 1.165) is 6.07 Å². The highest BCUT2D eigenvalue weighted by Crippen LogP contribution is 2.29. The third kappa shape index (κ3) is 7.68. The summed E-state index contributed by atoms with van der Waals surface area (Å²) in [5.41, 5.74) is 0.273. The Balaban J connectivity index is 2.73. The average molecular weight is 380 g/mol. The van der Waals surface area contributed by atoms with Gasteiger partial charge in [-0.25, -0.2) is 0 Å². The maximum absolute atomic E-state index is 12.5. The van der Waals surface area contributed by atoms with Crippen molar-refractivity contribution >= 4 is 17.7 Å². The zero-order valence-electron chi connectivity index (χ0n) is 16.1. The van der Waals surface area contributed by atoms with Crippen molar-refractivity contribution in [2.45, 2.75) is 65.4 Å². The topological polar surface area (TPSA) is 110 Å². The lowest BCUT2D eigenvalue weighted by molar-refractivity contribution is -0.147. The first-order valence-electron chi connectivity index (χ1n) is 9.19. The summed E-state index contributed by atoms with van der Waals surface area (Å²) >= 11 is 0. The molecule has 0 aliphatic carbocycles. The molecule has 1 aromatic rings. The summed E-state index contributed by atoms with van der Waals surface area (Å²) < 4.78 is 10.0. The van der Waals surface area contributed by atoms with Gasteiger partial charge in [0.1, 0.15) is 17.6 Å². The van der Waals surface area contributed by atoms with Crippen LogP contribution in [0.3, 0.4) is 0 Å². The van der Waals surface area contributed by atoms with Gasteiger partial charge in [-0.15, -0.1) is 0 Å². The molecule has 150 valence electrons. The summed E-state index contributed by atoms with van der Waals surface area (Å²) in [5, 5.41) is 19.7. The molecule has 7 heteroatoms. The zero-order chi connectivity index (χ0) is 20.4. The van der Waals surface area contributed by atoms with Crippen LogP contribution < -0.4 is 0 Å². The van der Waals surface area contributed by atoms with Gasteiger partial charge >= 0.3 is 11.9 Å². The lowest BCUT2D eigenvalue weighted by atomic mass is 9.96. The molecule has 0 fully saturated rings. The van der Waals surface area contributed by atoms with Gasteiger partial charge in [-0.3, -0.25) is 14.4 Å². The van der Waals surface area contributed by atoms with Gasteiger partial charge in [-0.1, -0.05) is 6.92 Å². The Morgan fingerprint density at radius 3 is 2.41 bits per heavy atom. The summed E-state index contributed by atoms with van der Waals surface area (Å²) in [6.45, 7) is 5.16. The molecule has 0 radical (unpaired) electrons. The number of aromatic hydroxyl groups is 2. The first kappa shape index (κ1) is 22.5. The summed E-state index contributed by atoms with van der Waals surface area (Å²) in [7, 11) is 0. The molecule has 0 unspecified atom stereocenters. The Bertz CT molecular complexity index is 667. The molecule has 0 heterocycles. The SMILES string of the molecule is CCOC(=O)Cc1cc(O)cc(O)c1C(=O)CCCC[C@H](CC)OC(C)=O. The molecular formula is C20H28O7. The van der Waals surface area contributed by atoms with Gasteiger partial charge in [0, 0.05) is 19.4 Å². The summed E-state index contributed by atoms with van der Waals surface area (Å²) in [6, 6.07) is 2.37. The molecule has 1 rings (SSSR count). The molecule has 0 bridgehead atoms. The summed E-state index contributed by atoms with van der Waals surface area (Å²) in [6.07, 6.45) is 2.39. The normalized spacial score (nSPS) is 11.7. The van der Waals surface area contributed by atoms with E-state index >= 15 is 0 Å². The second-order valence-corrected chi connectivity index (χ2v) is 6.29. The van der Waals surface area contributed by atoms with Crippen molar-refractivity contribution in [3.05, 3.63) is 23.3 Å². The molecule has 0 aromatic heterocycles. The molecule has 7 nitrogen and oxygen atoms in total. The van der Waals surface area contributed by atoms with Crippen molar-refractivity contribution in [1.29, 1.82) is 0 Å². The van der Waals surface area contributed by atoms with Crippen LogP contribution in [0, 0.1) is 0 Å². The highest BCUT2D eigenvalue weighted by Gasteiger charge is 2.20. The van der Waals surface area contributed by atoms with Crippen LogP contribution in [-0.2, 0) is 25.5 Å². The second kappa shape index (κ2) is 11.2. The van der Waals surface area contributed by atoms with Crippen LogP contribution >= 0.6 is 0 Å². The van der Waals surface area contributed by atoms with Crippen LogP contribution in [0.25, 0.3) is 0 Å². The Morgan fingerprint density at radius 1 is 1.11 bits per heavy atom. The molecule has 1 atom stereocenters. The largest absolute Gasteiger partial charge is 0.508 e. The number of ketones is 1. The van der Waals surface area contributed by atoms with E-state index in [4.69, 9.17) is 9.47 Å². The number of hydrogen-bond donors (Lipinski definition) is 2. The van der Waals surface area contributed by atoms with Gasteiger partial charge in [-0.05, 0) is 44.2 Å². The van der Waals surface area contributed by atoms with E-state index in [-0.39, 0.29) is 59.9 Å². The van der Waals surface area contributed by atoms with Gasteiger partial charge in [-0.2, -0.15) is 0 Å².